The number of rotatable bonds is 3. The summed E-state index contributed by atoms with van der Waals surface area (Å²) < 4.78 is 4.66. The van der Waals surface area contributed by atoms with Crippen LogP contribution < -0.4 is 5.32 Å². The second kappa shape index (κ2) is 6.24. The molecule has 1 saturated carbocycles. The normalized spacial score (nSPS) is 22.3. The molecule has 0 spiro atoms. The zero-order valence-electron chi connectivity index (χ0n) is 11.1. The molecule has 0 radical (unpaired) electrons. The zero-order valence-corrected chi connectivity index (χ0v) is 11.1. The Hall–Kier alpha value is -2.02. The fraction of sp³-hybridized carbons (Fsp3) is 0.467. The molecular weight excluding hydrogens is 240 g/mol. The minimum atomic E-state index is -0.318. The van der Waals surface area contributed by atoms with Gasteiger partial charge in [-0.1, -0.05) is 0 Å². The van der Waals surface area contributed by atoms with Gasteiger partial charge in [-0.05, 0) is 49.9 Å². The van der Waals surface area contributed by atoms with Gasteiger partial charge in [0, 0.05) is 17.6 Å². The van der Waals surface area contributed by atoms with E-state index in [9.17, 15) is 4.79 Å². The molecule has 0 amide bonds. The van der Waals surface area contributed by atoms with E-state index in [1.807, 2.05) is 12.1 Å². The van der Waals surface area contributed by atoms with Gasteiger partial charge in [-0.25, -0.2) is 4.79 Å². The SMILES string of the molecule is COC(=O)c1ccc(NC2CCC(C#N)CC2)cc1. The predicted octanol–water partition coefficient (Wildman–Crippen LogP) is 2.97. The third-order valence-corrected chi connectivity index (χ3v) is 3.59. The molecule has 1 aromatic carbocycles. The van der Waals surface area contributed by atoms with Crippen molar-refractivity contribution in [1.82, 2.24) is 0 Å². The number of methoxy groups -OCH3 is 1. The molecule has 100 valence electrons. The quantitative estimate of drug-likeness (QED) is 0.847. The van der Waals surface area contributed by atoms with E-state index < -0.39 is 0 Å². The predicted molar refractivity (Wildman–Crippen MR) is 72.8 cm³/mol. The van der Waals surface area contributed by atoms with E-state index in [2.05, 4.69) is 16.1 Å². The van der Waals surface area contributed by atoms with Crippen LogP contribution in [0.4, 0.5) is 5.69 Å². The Morgan fingerprint density at radius 2 is 1.89 bits per heavy atom. The number of carbonyl (C=O) groups is 1. The van der Waals surface area contributed by atoms with E-state index in [-0.39, 0.29) is 11.9 Å². The third-order valence-electron chi connectivity index (χ3n) is 3.59. The van der Waals surface area contributed by atoms with Gasteiger partial charge in [0.1, 0.15) is 0 Å². The second-order valence-corrected chi connectivity index (χ2v) is 4.89. The van der Waals surface area contributed by atoms with Crippen molar-refractivity contribution in [1.29, 1.82) is 5.26 Å². The van der Waals surface area contributed by atoms with Crippen molar-refractivity contribution in [2.24, 2.45) is 5.92 Å². The van der Waals surface area contributed by atoms with Crippen molar-refractivity contribution in [2.75, 3.05) is 12.4 Å². The van der Waals surface area contributed by atoms with Gasteiger partial charge in [0.2, 0.25) is 0 Å². The van der Waals surface area contributed by atoms with Gasteiger partial charge in [-0.15, -0.1) is 0 Å². The van der Waals surface area contributed by atoms with Crippen LogP contribution in [0, 0.1) is 17.2 Å². The van der Waals surface area contributed by atoms with Crippen molar-refractivity contribution in [3.8, 4) is 6.07 Å². The van der Waals surface area contributed by atoms with E-state index in [4.69, 9.17) is 5.26 Å². The summed E-state index contributed by atoms with van der Waals surface area (Å²) in [4.78, 5) is 11.3. The topological polar surface area (TPSA) is 62.1 Å². The summed E-state index contributed by atoms with van der Waals surface area (Å²) in [6, 6.07) is 10.1. The highest BCUT2D eigenvalue weighted by atomic mass is 16.5. The molecule has 0 aliphatic heterocycles. The number of hydrogen-bond acceptors (Lipinski definition) is 4. The molecular formula is C15H18N2O2. The number of benzene rings is 1. The summed E-state index contributed by atoms with van der Waals surface area (Å²) in [5.74, 6) is -0.0965. The standard InChI is InChI=1S/C15H18N2O2/c1-19-15(18)12-4-8-14(9-5-12)17-13-6-2-11(10-16)3-7-13/h4-5,8-9,11,13,17H,2-3,6-7H2,1H3. The Bertz CT molecular complexity index is 468. The van der Waals surface area contributed by atoms with Crippen LogP contribution >= 0.6 is 0 Å². The summed E-state index contributed by atoms with van der Waals surface area (Å²) in [7, 11) is 1.38. The molecule has 4 heteroatoms. The third kappa shape index (κ3) is 3.47. The molecule has 1 aliphatic rings. The summed E-state index contributed by atoms with van der Waals surface area (Å²) in [6.45, 7) is 0. The Kier molecular flexibility index (Phi) is 4.40. The number of hydrogen-bond donors (Lipinski definition) is 1. The Morgan fingerprint density at radius 3 is 2.42 bits per heavy atom. The molecule has 0 atom stereocenters. The van der Waals surface area contributed by atoms with Crippen LogP contribution in [0.2, 0.25) is 0 Å². The van der Waals surface area contributed by atoms with Crippen molar-refractivity contribution >= 4 is 11.7 Å². The lowest BCUT2D eigenvalue weighted by Crippen LogP contribution is -2.25. The van der Waals surface area contributed by atoms with Crippen LogP contribution in [0.3, 0.4) is 0 Å². The maximum atomic E-state index is 11.3. The van der Waals surface area contributed by atoms with Crippen molar-refractivity contribution in [3.05, 3.63) is 29.8 Å². The van der Waals surface area contributed by atoms with Crippen LogP contribution in [0.1, 0.15) is 36.0 Å². The molecule has 19 heavy (non-hydrogen) atoms. The van der Waals surface area contributed by atoms with Gasteiger partial charge in [0.05, 0.1) is 18.7 Å². The number of nitrogens with one attached hydrogen (secondary N) is 1. The molecule has 0 saturated heterocycles. The summed E-state index contributed by atoms with van der Waals surface area (Å²) in [5.41, 5.74) is 1.56. The van der Waals surface area contributed by atoms with Crippen molar-refractivity contribution in [2.45, 2.75) is 31.7 Å². The molecule has 0 aromatic heterocycles. The van der Waals surface area contributed by atoms with E-state index >= 15 is 0 Å². The minimum absolute atomic E-state index is 0.222. The first kappa shape index (κ1) is 13.4. The van der Waals surface area contributed by atoms with Crippen LogP contribution in [0.5, 0.6) is 0 Å². The summed E-state index contributed by atoms with van der Waals surface area (Å²) in [6.07, 6.45) is 3.98. The highest BCUT2D eigenvalue weighted by Gasteiger charge is 2.20. The highest BCUT2D eigenvalue weighted by Crippen LogP contribution is 2.26. The fourth-order valence-electron chi connectivity index (χ4n) is 2.42. The average Bonchev–Trinajstić information content (AvgIpc) is 2.48. The molecule has 1 aliphatic carbocycles. The Labute approximate surface area is 113 Å². The van der Waals surface area contributed by atoms with Gasteiger partial charge >= 0.3 is 5.97 Å². The molecule has 4 nitrogen and oxygen atoms in total. The molecule has 1 aromatic rings. The molecule has 0 heterocycles. The van der Waals surface area contributed by atoms with E-state index in [1.54, 1.807) is 12.1 Å². The fourth-order valence-corrected chi connectivity index (χ4v) is 2.42. The summed E-state index contributed by atoms with van der Waals surface area (Å²) >= 11 is 0. The van der Waals surface area contributed by atoms with Gasteiger partial charge in [0.25, 0.3) is 0 Å². The zero-order chi connectivity index (χ0) is 13.7. The molecule has 0 unspecified atom stereocenters. The first-order chi connectivity index (χ1) is 9.22. The maximum Gasteiger partial charge on any atom is 0.337 e. The molecule has 1 N–H and O–H groups in total. The number of nitrogens with zero attached hydrogens (tertiary/aromatic N) is 1. The smallest absolute Gasteiger partial charge is 0.337 e. The molecule has 1 fully saturated rings. The van der Waals surface area contributed by atoms with Crippen molar-refractivity contribution < 1.29 is 9.53 Å². The second-order valence-electron chi connectivity index (χ2n) is 4.89. The monoisotopic (exact) mass is 258 g/mol. The first-order valence-corrected chi connectivity index (χ1v) is 6.57. The highest BCUT2D eigenvalue weighted by molar-refractivity contribution is 5.89. The van der Waals surface area contributed by atoms with Gasteiger partial charge in [-0.2, -0.15) is 5.26 Å². The van der Waals surface area contributed by atoms with Crippen LogP contribution in [-0.4, -0.2) is 19.1 Å². The summed E-state index contributed by atoms with van der Waals surface area (Å²) in [5, 5.41) is 12.3. The Balaban J connectivity index is 1.90. The number of esters is 1. The van der Waals surface area contributed by atoms with E-state index in [0.717, 1.165) is 31.4 Å². The van der Waals surface area contributed by atoms with Crippen LogP contribution in [0.25, 0.3) is 0 Å². The number of anilines is 1. The van der Waals surface area contributed by atoms with Gasteiger partial charge in [-0.3, -0.25) is 0 Å². The Morgan fingerprint density at radius 1 is 1.26 bits per heavy atom. The lowest BCUT2D eigenvalue weighted by molar-refractivity contribution is 0.0601. The van der Waals surface area contributed by atoms with Crippen molar-refractivity contribution in [3.63, 3.8) is 0 Å². The lowest BCUT2D eigenvalue weighted by atomic mass is 9.87. The van der Waals surface area contributed by atoms with Crippen LogP contribution in [0.15, 0.2) is 24.3 Å². The van der Waals surface area contributed by atoms with Gasteiger partial charge in [0.15, 0.2) is 0 Å². The van der Waals surface area contributed by atoms with Gasteiger partial charge < -0.3 is 10.1 Å². The lowest BCUT2D eigenvalue weighted by Gasteiger charge is -2.26. The average molecular weight is 258 g/mol. The first-order valence-electron chi connectivity index (χ1n) is 6.57. The maximum absolute atomic E-state index is 11.3. The van der Waals surface area contributed by atoms with Crippen LogP contribution in [-0.2, 0) is 4.74 Å². The van der Waals surface area contributed by atoms with E-state index in [1.165, 1.54) is 7.11 Å². The minimum Gasteiger partial charge on any atom is -0.465 e. The largest absolute Gasteiger partial charge is 0.465 e. The number of carbonyl (C=O) groups excluding carboxylic acids is 1. The molecule has 2 rings (SSSR count). The number of nitriles is 1. The molecule has 0 bridgehead atoms. The van der Waals surface area contributed by atoms with E-state index in [0.29, 0.717) is 11.6 Å². The number of ether oxygens (including phenoxy) is 1.